The Kier molecular flexibility index (Phi) is 11.7. The van der Waals surface area contributed by atoms with Crippen LogP contribution in [0.1, 0.15) is 89.0 Å². The first-order chi connectivity index (χ1) is 10.4. The summed E-state index contributed by atoms with van der Waals surface area (Å²) in [7, 11) is 0. The molecule has 21 heavy (non-hydrogen) atoms. The Morgan fingerprint density at radius 1 is 0.762 bits per heavy atom. The molecular formula is C20H34S. The van der Waals surface area contributed by atoms with Crippen molar-refractivity contribution in [1.29, 1.82) is 0 Å². The minimum absolute atomic E-state index is 0.642. The van der Waals surface area contributed by atoms with Gasteiger partial charge in [-0.25, -0.2) is 0 Å². The molecule has 0 aromatic heterocycles. The molecule has 1 atom stereocenters. The van der Waals surface area contributed by atoms with Crippen molar-refractivity contribution in [3.63, 3.8) is 0 Å². The lowest BCUT2D eigenvalue weighted by Crippen LogP contribution is -2.00. The van der Waals surface area contributed by atoms with Crippen LogP contribution in [0.3, 0.4) is 0 Å². The van der Waals surface area contributed by atoms with Gasteiger partial charge in [-0.1, -0.05) is 101 Å². The second-order valence-electron chi connectivity index (χ2n) is 6.26. The number of thiol groups is 1. The van der Waals surface area contributed by atoms with E-state index in [2.05, 4.69) is 49.9 Å². The maximum Gasteiger partial charge on any atom is -0.00289 e. The number of benzene rings is 1. The molecule has 0 heterocycles. The van der Waals surface area contributed by atoms with Crippen LogP contribution >= 0.6 is 12.6 Å². The first kappa shape index (κ1) is 18.6. The molecule has 1 aromatic rings. The maximum atomic E-state index is 4.53. The molecule has 1 unspecified atom stereocenters. The minimum Gasteiger partial charge on any atom is -0.179 e. The quantitative estimate of drug-likeness (QED) is 0.294. The van der Waals surface area contributed by atoms with Crippen molar-refractivity contribution in [3.8, 4) is 0 Å². The van der Waals surface area contributed by atoms with Crippen LogP contribution in [0, 0.1) is 0 Å². The largest absolute Gasteiger partial charge is 0.179 e. The molecule has 0 spiro atoms. The highest BCUT2D eigenvalue weighted by Crippen LogP contribution is 2.24. The van der Waals surface area contributed by atoms with Crippen molar-refractivity contribution in [2.75, 3.05) is 5.75 Å². The van der Waals surface area contributed by atoms with Gasteiger partial charge in [-0.15, -0.1) is 0 Å². The summed E-state index contributed by atoms with van der Waals surface area (Å²) in [4.78, 5) is 0. The first-order valence-corrected chi connectivity index (χ1v) is 9.67. The molecule has 0 aliphatic rings. The second kappa shape index (κ2) is 13.2. The van der Waals surface area contributed by atoms with Crippen LogP contribution in [-0.4, -0.2) is 5.75 Å². The molecule has 120 valence electrons. The molecule has 0 radical (unpaired) electrons. The fourth-order valence-corrected chi connectivity index (χ4v) is 3.36. The van der Waals surface area contributed by atoms with E-state index in [1.54, 1.807) is 0 Å². The van der Waals surface area contributed by atoms with Gasteiger partial charge in [-0.3, -0.25) is 0 Å². The molecule has 1 aromatic carbocycles. The van der Waals surface area contributed by atoms with E-state index >= 15 is 0 Å². The van der Waals surface area contributed by atoms with E-state index in [-0.39, 0.29) is 0 Å². The third-order valence-electron chi connectivity index (χ3n) is 4.40. The third kappa shape index (κ3) is 9.24. The van der Waals surface area contributed by atoms with E-state index in [9.17, 15) is 0 Å². The van der Waals surface area contributed by atoms with Crippen LogP contribution in [0.15, 0.2) is 30.3 Å². The molecule has 0 aliphatic heterocycles. The van der Waals surface area contributed by atoms with Crippen LogP contribution < -0.4 is 0 Å². The highest BCUT2D eigenvalue weighted by atomic mass is 32.1. The minimum atomic E-state index is 0.642. The highest BCUT2D eigenvalue weighted by molar-refractivity contribution is 7.80. The van der Waals surface area contributed by atoms with Gasteiger partial charge in [-0.2, -0.15) is 12.6 Å². The number of hydrogen-bond donors (Lipinski definition) is 1. The monoisotopic (exact) mass is 306 g/mol. The molecule has 0 bridgehead atoms. The summed E-state index contributed by atoms with van der Waals surface area (Å²) in [6, 6.07) is 10.9. The van der Waals surface area contributed by atoms with Crippen molar-refractivity contribution < 1.29 is 0 Å². The van der Waals surface area contributed by atoms with E-state index < -0.39 is 0 Å². The van der Waals surface area contributed by atoms with Gasteiger partial charge < -0.3 is 0 Å². The molecule has 0 saturated carbocycles. The van der Waals surface area contributed by atoms with Gasteiger partial charge in [-0.05, 0) is 23.7 Å². The Bertz CT molecular complexity index is 320. The molecule has 0 saturated heterocycles. The van der Waals surface area contributed by atoms with Crippen molar-refractivity contribution in [2.24, 2.45) is 0 Å². The topological polar surface area (TPSA) is 0 Å². The van der Waals surface area contributed by atoms with Gasteiger partial charge in [0, 0.05) is 0 Å². The Morgan fingerprint density at radius 2 is 1.29 bits per heavy atom. The summed E-state index contributed by atoms with van der Waals surface area (Å²) >= 11 is 4.53. The van der Waals surface area contributed by atoms with Gasteiger partial charge in [0.25, 0.3) is 0 Å². The van der Waals surface area contributed by atoms with Gasteiger partial charge >= 0.3 is 0 Å². The van der Waals surface area contributed by atoms with Crippen LogP contribution in [0.25, 0.3) is 0 Å². The lowest BCUT2D eigenvalue weighted by molar-refractivity contribution is 0.536. The average Bonchev–Trinajstić information content (AvgIpc) is 2.54. The summed E-state index contributed by atoms with van der Waals surface area (Å²) in [6.45, 7) is 2.29. The molecule has 0 amide bonds. The van der Waals surface area contributed by atoms with Crippen molar-refractivity contribution >= 4 is 12.6 Å². The zero-order valence-electron chi connectivity index (χ0n) is 13.9. The summed E-state index contributed by atoms with van der Waals surface area (Å²) in [5.41, 5.74) is 1.46. The van der Waals surface area contributed by atoms with Crippen molar-refractivity contribution in [2.45, 2.75) is 83.5 Å². The predicted octanol–water partition coefficient (Wildman–Crippen LogP) is 7.01. The Labute approximate surface area is 138 Å². The van der Waals surface area contributed by atoms with E-state index in [1.165, 1.54) is 76.2 Å². The fourth-order valence-electron chi connectivity index (χ4n) is 2.97. The predicted molar refractivity (Wildman–Crippen MR) is 99.5 cm³/mol. The third-order valence-corrected chi connectivity index (χ3v) is 4.84. The normalized spacial score (nSPS) is 12.5. The fraction of sp³-hybridized carbons (Fsp3) is 0.700. The van der Waals surface area contributed by atoms with Crippen molar-refractivity contribution in [1.82, 2.24) is 0 Å². The number of rotatable bonds is 13. The zero-order valence-corrected chi connectivity index (χ0v) is 14.8. The van der Waals surface area contributed by atoms with E-state index in [4.69, 9.17) is 0 Å². The molecule has 0 N–H and O–H groups in total. The average molecular weight is 307 g/mol. The number of hydrogen-bond acceptors (Lipinski definition) is 1. The maximum absolute atomic E-state index is 4.53. The molecule has 0 aliphatic carbocycles. The molecular weight excluding hydrogens is 272 g/mol. The summed E-state index contributed by atoms with van der Waals surface area (Å²) in [5, 5.41) is 0. The Morgan fingerprint density at radius 3 is 1.81 bits per heavy atom. The Balaban J connectivity index is 1.98. The lowest BCUT2D eigenvalue weighted by Gasteiger charge is -2.14. The molecule has 1 rings (SSSR count). The van der Waals surface area contributed by atoms with Crippen LogP contribution in [0.5, 0.6) is 0 Å². The van der Waals surface area contributed by atoms with Gasteiger partial charge in [0.15, 0.2) is 0 Å². The van der Waals surface area contributed by atoms with Gasteiger partial charge in [0.2, 0.25) is 0 Å². The SMILES string of the molecule is CCCCCCCCCCCCC(CS)c1ccccc1. The van der Waals surface area contributed by atoms with Gasteiger partial charge in [0.05, 0.1) is 0 Å². The summed E-state index contributed by atoms with van der Waals surface area (Å²) < 4.78 is 0. The van der Waals surface area contributed by atoms with Gasteiger partial charge in [0.1, 0.15) is 0 Å². The van der Waals surface area contributed by atoms with Crippen molar-refractivity contribution in [3.05, 3.63) is 35.9 Å². The second-order valence-corrected chi connectivity index (χ2v) is 6.63. The highest BCUT2D eigenvalue weighted by Gasteiger charge is 2.08. The van der Waals surface area contributed by atoms with E-state index in [0.717, 1.165) is 5.75 Å². The molecule has 1 heteroatoms. The standard InChI is InChI=1S/C20H34S/c1-2-3-4-5-6-7-8-9-10-12-17-20(18-21)19-15-13-11-14-16-19/h11,13-16,20-21H,2-10,12,17-18H2,1H3. The van der Waals surface area contributed by atoms with E-state index in [1.807, 2.05) is 0 Å². The lowest BCUT2D eigenvalue weighted by atomic mass is 9.94. The first-order valence-electron chi connectivity index (χ1n) is 9.04. The Hall–Kier alpha value is -0.430. The number of unbranched alkanes of at least 4 members (excludes halogenated alkanes) is 9. The molecule has 0 fully saturated rings. The van der Waals surface area contributed by atoms with Crippen LogP contribution in [0.2, 0.25) is 0 Å². The molecule has 0 nitrogen and oxygen atoms in total. The smallest absolute Gasteiger partial charge is 0.00289 e. The van der Waals surface area contributed by atoms with Crippen LogP contribution in [-0.2, 0) is 0 Å². The van der Waals surface area contributed by atoms with Crippen LogP contribution in [0.4, 0.5) is 0 Å². The summed E-state index contributed by atoms with van der Waals surface area (Å²) in [6.07, 6.45) is 15.5. The zero-order chi connectivity index (χ0) is 15.2. The van der Waals surface area contributed by atoms with E-state index in [0.29, 0.717) is 5.92 Å². The summed E-state index contributed by atoms with van der Waals surface area (Å²) in [5.74, 6) is 1.62.